The smallest absolute Gasteiger partial charge is 0.272 e. The minimum Gasteiger partial charge on any atom is -0.497 e. The molecule has 0 spiro atoms. The Morgan fingerprint density at radius 3 is 2.13 bits per heavy atom. The highest BCUT2D eigenvalue weighted by Gasteiger charge is 2.27. The second-order valence-electron chi connectivity index (χ2n) is 9.21. The number of carbonyl (C=O) groups is 1. The summed E-state index contributed by atoms with van der Waals surface area (Å²) in [6.07, 6.45) is 0. The van der Waals surface area contributed by atoms with Crippen LogP contribution in [0.15, 0.2) is 72.8 Å². The molecule has 1 aliphatic rings. The average molecular weight is 513 g/mol. The minimum atomic E-state index is -0.0490. The maximum Gasteiger partial charge on any atom is 0.272 e. The predicted octanol–water partition coefficient (Wildman–Crippen LogP) is 4.84. The Labute approximate surface area is 223 Å². The van der Waals surface area contributed by atoms with Crippen LogP contribution in [0.25, 0.3) is 16.9 Å². The van der Waals surface area contributed by atoms with E-state index in [1.807, 2.05) is 72.5 Å². The zero-order chi connectivity index (χ0) is 26.6. The average Bonchev–Trinajstić information content (AvgIpc) is 3.42. The number of hydrogen-bond acceptors (Lipinski definition) is 6. The van der Waals surface area contributed by atoms with Crippen molar-refractivity contribution in [3.8, 4) is 34.2 Å². The van der Waals surface area contributed by atoms with Gasteiger partial charge in [0.2, 0.25) is 0 Å². The van der Waals surface area contributed by atoms with Crippen LogP contribution in [0.4, 0.5) is 5.69 Å². The predicted molar refractivity (Wildman–Crippen MR) is 148 cm³/mol. The molecule has 1 aromatic heterocycles. The van der Waals surface area contributed by atoms with Crippen LogP contribution in [-0.4, -0.2) is 68.1 Å². The van der Waals surface area contributed by atoms with E-state index >= 15 is 0 Å². The minimum absolute atomic E-state index is 0.0490. The lowest BCUT2D eigenvalue weighted by molar-refractivity contribution is 0.0737. The summed E-state index contributed by atoms with van der Waals surface area (Å²) in [6.45, 7) is 4.75. The number of methoxy groups -OCH3 is 3. The number of benzene rings is 3. The third-order valence-corrected chi connectivity index (χ3v) is 6.86. The molecule has 1 amide bonds. The van der Waals surface area contributed by atoms with Gasteiger partial charge in [0.25, 0.3) is 5.91 Å². The molecule has 4 aromatic rings. The first kappa shape index (κ1) is 25.2. The number of aromatic nitrogens is 2. The molecule has 8 heteroatoms. The molecule has 0 bridgehead atoms. The van der Waals surface area contributed by atoms with Crippen molar-refractivity contribution in [2.75, 3.05) is 52.4 Å². The summed E-state index contributed by atoms with van der Waals surface area (Å²) in [5, 5.41) is 4.88. The standard InChI is InChI=1S/C30H32N4O4/c1-21-6-5-7-23(18-21)34-28(20-27(31-34)26-13-12-25(37-3)19-29(26)38-4)30(35)33-16-14-32(15-17-33)22-8-10-24(36-2)11-9-22/h5-13,18-20H,14-17H2,1-4H3. The van der Waals surface area contributed by atoms with Crippen LogP contribution in [0.3, 0.4) is 0 Å². The van der Waals surface area contributed by atoms with Gasteiger partial charge in [-0.15, -0.1) is 0 Å². The molecule has 0 N–H and O–H groups in total. The first-order chi connectivity index (χ1) is 18.5. The molecule has 38 heavy (non-hydrogen) atoms. The Bertz CT molecular complexity index is 1420. The summed E-state index contributed by atoms with van der Waals surface area (Å²) in [7, 11) is 4.90. The van der Waals surface area contributed by atoms with Crippen molar-refractivity contribution in [3.63, 3.8) is 0 Å². The van der Waals surface area contributed by atoms with Gasteiger partial charge >= 0.3 is 0 Å². The quantitative estimate of drug-likeness (QED) is 0.353. The highest BCUT2D eigenvalue weighted by molar-refractivity contribution is 5.95. The number of anilines is 1. The van der Waals surface area contributed by atoms with Crippen LogP contribution in [-0.2, 0) is 0 Å². The Morgan fingerprint density at radius 2 is 1.47 bits per heavy atom. The van der Waals surface area contributed by atoms with Crippen LogP contribution in [0.5, 0.6) is 17.2 Å². The summed E-state index contributed by atoms with van der Waals surface area (Å²) in [6, 6.07) is 23.5. The Hall–Kier alpha value is -4.46. The van der Waals surface area contributed by atoms with Gasteiger partial charge in [0.05, 0.1) is 32.7 Å². The molecular formula is C30H32N4O4. The second-order valence-corrected chi connectivity index (χ2v) is 9.21. The Morgan fingerprint density at radius 1 is 0.763 bits per heavy atom. The molecule has 0 saturated carbocycles. The zero-order valence-electron chi connectivity index (χ0n) is 22.2. The molecule has 196 valence electrons. The van der Waals surface area contributed by atoms with E-state index in [1.165, 1.54) is 0 Å². The van der Waals surface area contributed by atoms with Gasteiger partial charge in [0.1, 0.15) is 22.9 Å². The lowest BCUT2D eigenvalue weighted by atomic mass is 10.1. The van der Waals surface area contributed by atoms with Crippen LogP contribution < -0.4 is 19.1 Å². The number of aryl methyl sites for hydroxylation is 1. The van der Waals surface area contributed by atoms with E-state index in [1.54, 1.807) is 26.0 Å². The van der Waals surface area contributed by atoms with Crippen molar-refractivity contribution in [1.29, 1.82) is 0 Å². The molecule has 0 radical (unpaired) electrons. The maximum absolute atomic E-state index is 13.9. The van der Waals surface area contributed by atoms with Gasteiger partial charge in [0, 0.05) is 43.5 Å². The SMILES string of the molecule is COc1ccc(N2CCN(C(=O)c3cc(-c4ccc(OC)cc4OC)nn3-c3cccc(C)c3)CC2)cc1. The molecule has 0 aliphatic carbocycles. The molecule has 0 atom stereocenters. The topological polar surface area (TPSA) is 69.1 Å². The van der Waals surface area contributed by atoms with Crippen LogP contribution in [0.2, 0.25) is 0 Å². The molecule has 8 nitrogen and oxygen atoms in total. The van der Waals surface area contributed by atoms with E-state index in [-0.39, 0.29) is 5.91 Å². The molecule has 3 aromatic carbocycles. The van der Waals surface area contributed by atoms with E-state index in [2.05, 4.69) is 17.0 Å². The molecule has 0 unspecified atom stereocenters. The van der Waals surface area contributed by atoms with Crippen molar-refractivity contribution < 1.29 is 19.0 Å². The van der Waals surface area contributed by atoms with Gasteiger partial charge in [-0.2, -0.15) is 5.10 Å². The largest absolute Gasteiger partial charge is 0.497 e. The number of amides is 1. The summed E-state index contributed by atoms with van der Waals surface area (Å²) < 4.78 is 18.0. The van der Waals surface area contributed by atoms with E-state index in [4.69, 9.17) is 19.3 Å². The second kappa shape index (κ2) is 10.9. The van der Waals surface area contributed by atoms with Crippen LogP contribution in [0, 0.1) is 6.92 Å². The fourth-order valence-electron chi connectivity index (χ4n) is 4.75. The number of nitrogens with zero attached hydrogens (tertiary/aromatic N) is 4. The first-order valence-corrected chi connectivity index (χ1v) is 12.6. The van der Waals surface area contributed by atoms with Gasteiger partial charge < -0.3 is 24.0 Å². The first-order valence-electron chi connectivity index (χ1n) is 12.6. The lowest BCUT2D eigenvalue weighted by Crippen LogP contribution is -2.49. The highest BCUT2D eigenvalue weighted by Crippen LogP contribution is 2.34. The van der Waals surface area contributed by atoms with Crippen molar-refractivity contribution >= 4 is 11.6 Å². The van der Waals surface area contributed by atoms with E-state index in [9.17, 15) is 4.79 Å². The van der Waals surface area contributed by atoms with E-state index < -0.39 is 0 Å². The van der Waals surface area contributed by atoms with Gasteiger partial charge in [-0.25, -0.2) is 4.68 Å². The summed E-state index contributed by atoms with van der Waals surface area (Å²) >= 11 is 0. The molecule has 2 heterocycles. The van der Waals surface area contributed by atoms with Gasteiger partial charge in [0.15, 0.2) is 0 Å². The molecule has 5 rings (SSSR count). The van der Waals surface area contributed by atoms with Gasteiger partial charge in [-0.1, -0.05) is 12.1 Å². The zero-order valence-corrected chi connectivity index (χ0v) is 22.2. The van der Waals surface area contributed by atoms with Crippen molar-refractivity contribution in [1.82, 2.24) is 14.7 Å². The van der Waals surface area contributed by atoms with Gasteiger partial charge in [-0.3, -0.25) is 4.79 Å². The van der Waals surface area contributed by atoms with Crippen molar-refractivity contribution in [2.45, 2.75) is 6.92 Å². The summed E-state index contributed by atoms with van der Waals surface area (Å²) in [4.78, 5) is 18.1. The third kappa shape index (κ3) is 5.02. The highest BCUT2D eigenvalue weighted by atomic mass is 16.5. The van der Waals surface area contributed by atoms with Crippen LogP contribution in [0.1, 0.15) is 16.1 Å². The summed E-state index contributed by atoms with van der Waals surface area (Å²) in [5.74, 6) is 2.10. The fourth-order valence-corrected chi connectivity index (χ4v) is 4.75. The van der Waals surface area contributed by atoms with Crippen molar-refractivity contribution in [2.24, 2.45) is 0 Å². The number of hydrogen-bond donors (Lipinski definition) is 0. The third-order valence-electron chi connectivity index (χ3n) is 6.86. The van der Waals surface area contributed by atoms with E-state index in [0.29, 0.717) is 36.0 Å². The maximum atomic E-state index is 13.9. The van der Waals surface area contributed by atoms with Crippen molar-refractivity contribution in [3.05, 3.63) is 84.1 Å². The lowest BCUT2D eigenvalue weighted by Gasteiger charge is -2.36. The molecule has 1 aliphatic heterocycles. The Balaban J connectivity index is 1.45. The van der Waals surface area contributed by atoms with Crippen LogP contribution >= 0.6 is 0 Å². The molecule has 1 fully saturated rings. The van der Waals surface area contributed by atoms with E-state index in [0.717, 1.165) is 41.3 Å². The molecule has 1 saturated heterocycles. The normalized spacial score (nSPS) is 13.4. The fraction of sp³-hybridized carbons (Fsp3) is 0.267. The number of rotatable bonds is 7. The van der Waals surface area contributed by atoms with Gasteiger partial charge in [-0.05, 0) is 67.1 Å². The number of piperazine rings is 1. The molecular weight excluding hydrogens is 480 g/mol. The number of carbonyl (C=O) groups excluding carboxylic acids is 1. The number of ether oxygens (including phenoxy) is 3. The summed E-state index contributed by atoms with van der Waals surface area (Å²) in [5.41, 5.74) is 5.01. The monoisotopic (exact) mass is 512 g/mol. The Kier molecular flexibility index (Phi) is 7.22.